The van der Waals surface area contributed by atoms with Crippen LogP contribution in [0.2, 0.25) is 0 Å². The van der Waals surface area contributed by atoms with Gasteiger partial charge < -0.3 is 24.8 Å². The van der Waals surface area contributed by atoms with Crippen LogP contribution in [-0.2, 0) is 6.54 Å². The summed E-state index contributed by atoms with van der Waals surface area (Å²) >= 11 is 0. The summed E-state index contributed by atoms with van der Waals surface area (Å²) in [6, 6.07) is 6.60. The molecule has 0 saturated heterocycles. The molecule has 10 nitrogen and oxygen atoms in total. The number of urea groups is 1. The molecule has 3 heterocycles. The molecule has 1 aliphatic heterocycles. The molecule has 0 spiro atoms. The van der Waals surface area contributed by atoms with Crippen LogP contribution in [0.4, 0.5) is 10.5 Å². The molecule has 0 aliphatic carbocycles. The lowest BCUT2D eigenvalue weighted by atomic mass is 9.95. The minimum atomic E-state index is -0.887. The highest BCUT2D eigenvalue weighted by molar-refractivity contribution is 5.89. The third-order valence-electron chi connectivity index (χ3n) is 4.73. The molecular formula is C19H20N6O4. The fourth-order valence-electron chi connectivity index (χ4n) is 3.36. The Hall–Kier alpha value is -3.66. The Balaban J connectivity index is 1.52. The zero-order chi connectivity index (χ0) is 20.4. The molecule has 0 radical (unpaired) electrons. The molecule has 2 aromatic heterocycles. The molecule has 0 bridgehead atoms. The topological polar surface area (TPSA) is 115 Å². The molecule has 10 heteroatoms. The number of anilines is 1. The van der Waals surface area contributed by atoms with Crippen molar-refractivity contribution < 1.29 is 19.4 Å². The summed E-state index contributed by atoms with van der Waals surface area (Å²) in [7, 11) is 3.10. The third-order valence-corrected chi connectivity index (χ3v) is 4.73. The number of amides is 2. The molecule has 1 aliphatic rings. The van der Waals surface area contributed by atoms with Crippen LogP contribution < -0.4 is 14.8 Å². The van der Waals surface area contributed by atoms with Crippen LogP contribution in [0.1, 0.15) is 17.2 Å². The Morgan fingerprint density at radius 2 is 2.00 bits per heavy atom. The van der Waals surface area contributed by atoms with Gasteiger partial charge in [0.2, 0.25) is 0 Å². The average molecular weight is 396 g/mol. The smallest absolute Gasteiger partial charge is 0.322 e. The molecule has 0 unspecified atom stereocenters. The number of ether oxygens (including phenoxy) is 2. The summed E-state index contributed by atoms with van der Waals surface area (Å²) in [4.78, 5) is 22.4. The average Bonchev–Trinajstić information content (AvgIpc) is 3.28. The van der Waals surface area contributed by atoms with Crippen molar-refractivity contribution in [1.29, 1.82) is 0 Å². The molecule has 3 aromatic rings. The van der Waals surface area contributed by atoms with Crippen LogP contribution in [0.25, 0.3) is 5.82 Å². The van der Waals surface area contributed by atoms with E-state index in [-0.39, 0.29) is 19.1 Å². The molecule has 1 atom stereocenters. The van der Waals surface area contributed by atoms with E-state index in [9.17, 15) is 9.90 Å². The van der Waals surface area contributed by atoms with E-state index in [4.69, 9.17) is 9.47 Å². The van der Waals surface area contributed by atoms with Crippen molar-refractivity contribution in [3.63, 3.8) is 0 Å². The van der Waals surface area contributed by atoms with Crippen LogP contribution in [0.3, 0.4) is 0 Å². The molecule has 0 fully saturated rings. The number of benzene rings is 1. The predicted octanol–water partition coefficient (Wildman–Crippen LogP) is 1.76. The Kier molecular flexibility index (Phi) is 5.00. The molecule has 29 heavy (non-hydrogen) atoms. The van der Waals surface area contributed by atoms with Gasteiger partial charge in [0.05, 0.1) is 39.2 Å². The summed E-state index contributed by atoms with van der Waals surface area (Å²) in [5.74, 6) is 1.75. The summed E-state index contributed by atoms with van der Waals surface area (Å²) in [5, 5.41) is 17.4. The predicted molar refractivity (Wildman–Crippen MR) is 103 cm³/mol. The van der Waals surface area contributed by atoms with Crippen molar-refractivity contribution >= 4 is 11.7 Å². The highest BCUT2D eigenvalue weighted by Gasteiger charge is 2.32. The van der Waals surface area contributed by atoms with Gasteiger partial charge in [0.25, 0.3) is 0 Å². The van der Waals surface area contributed by atoms with Gasteiger partial charge in [-0.25, -0.2) is 19.4 Å². The van der Waals surface area contributed by atoms with Crippen molar-refractivity contribution in [2.45, 2.75) is 12.6 Å². The summed E-state index contributed by atoms with van der Waals surface area (Å²) in [6.07, 6.45) is 3.60. The van der Waals surface area contributed by atoms with Crippen LogP contribution in [0.15, 0.2) is 43.1 Å². The zero-order valence-electron chi connectivity index (χ0n) is 15.9. The molecule has 2 amide bonds. The number of pyridine rings is 1. The van der Waals surface area contributed by atoms with E-state index in [1.54, 1.807) is 38.5 Å². The fourth-order valence-corrected chi connectivity index (χ4v) is 3.36. The number of nitrogens with one attached hydrogen (secondary N) is 1. The maximum Gasteiger partial charge on any atom is 0.322 e. The lowest BCUT2D eigenvalue weighted by Crippen LogP contribution is -2.41. The third kappa shape index (κ3) is 3.57. The summed E-state index contributed by atoms with van der Waals surface area (Å²) < 4.78 is 12.3. The second-order valence-corrected chi connectivity index (χ2v) is 6.43. The maximum absolute atomic E-state index is 12.8. The second-order valence-electron chi connectivity index (χ2n) is 6.43. The van der Waals surface area contributed by atoms with E-state index in [2.05, 4.69) is 20.4 Å². The quantitative estimate of drug-likeness (QED) is 0.690. The number of hydrogen-bond acceptors (Lipinski definition) is 7. The molecule has 2 N–H and O–H groups in total. The number of fused-ring (bicyclic) bond motifs is 1. The number of aromatic nitrogens is 4. The normalized spacial score (nSPS) is 15.6. The Morgan fingerprint density at radius 1 is 1.21 bits per heavy atom. The van der Waals surface area contributed by atoms with Crippen molar-refractivity contribution in [3.8, 4) is 17.3 Å². The lowest BCUT2D eigenvalue weighted by molar-refractivity contribution is 0.105. The number of carbonyl (C=O) groups excluding carboxylic acids is 1. The van der Waals surface area contributed by atoms with Gasteiger partial charge in [0.1, 0.15) is 30.3 Å². The van der Waals surface area contributed by atoms with Crippen LogP contribution in [-0.4, -0.2) is 56.6 Å². The monoisotopic (exact) mass is 396 g/mol. The Bertz CT molecular complexity index is 1010. The van der Waals surface area contributed by atoms with Crippen LogP contribution in [0.5, 0.6) is 11.5 Å². The van der Waals surface area contributed by atoms with E-state index >= 15 is 0 Å². The number of rotatable bonds is 4. The molecule has 0 saturated carbocycles. The van der Waals surface area contributed by atoms with Gasteiger partial charge in [0.15, 0.2) is 5.82 Å². The van der Waals surface area contributed by atoms with Crippen molar-refractivity contribution in [2.24, 2.45) is 0 Å². The number of β-amino-alcohol motifs (C(OH)–C–C–N with tert-alkyl or cyclic N) is 1. The Labute approximate surface area is 166 Å². The fraction of sp³-hybridized carbons (Fsp3) is 0.263. The zero-order valence-corrected chi connectivity index (χ0v) is 15.9. The number of aliphatic hydroxyl groups is 1. The first kappa shape index (κ1) is 18.7. The first-order valence-electron chi connectivity index (χ1n) is 8.89. The summed E-state index contributed by atoms with van der Waals surface area (Å²) in [6.45, 7) is 0.413. The highest BCUT2D eigenvalue weighted by Crippen LogP contribution is 2.39. The molecule has 1 aromatic carbocycles. The van der Waals surface area contributed by atoms with Gasteiger partial charge in [0, 0.05) is 11.1 Å². The van der Waals surface area contributed by atoms with E-state index in [1.165, 1.54) is 28.4 Å². The number of methoxy groups -OCH3 is 2. The van der Waals surface area contributed by atoms with Crippen molar-refractivity contribution in [2.75, 3.05) is 26.1 Å². The number of hydrogen-bond donors (Lipinski definition) is 2. The first-order valence-corrected chi connectivity index (χ1v) is 8.89. The van der Waals surface area contributed by atoms with Gasteiger partial charge in [-0.3, -0.25) is 0 Å². The highest BCUT2D eigenvalue weighted by atomic mass is 16.5. The van der Waals surface area contributed by atoms with E-state index < -0.39 is 6.10 Å². The largest absolute Gasteiger partial charge is 0.496 e. The van der Waals surface area contributed by atoms with Crippen molar-refractivity contribution in [3.05, 3.63) is 54.2 Å². The maximum atomic E-state index is 12.8. The van der Waals surface area contributed by atoms with E-state index in [1.807, 2.05) is 0 Å². The summed E-state index contributed by atoms with van der Waals surface area (Å²) in [5.41, 5.74) is 1.90. The van der Waals surface area contributed by atoms with Crippen LogP contribution >= 0.6 is 0 Å². The molecule has 4 rings (SSSR count). The van der Waals surface area contributed by atoms with Gasteiger partial charge in [-0.2, -0.15) is 5.10 Å². The lowest BCUT2D eigenvalue weighted by Gasteiger charge is -2.33. The number of carbonyl (C=O) groups is 1. The molecular weight excluding hydrogens is 376 g/mol. The molecule has 150 valence electrons. The van der Waals surface area contributed by atoms with E-state index in [0.717, 1.165) is 5.56 Å². The van der Waals surface area contributed by atoms with Gasteiger partial charge in [-0.1, -0.05) is 0 Å². The van der Waals surface area contributed by atoms with Crippen molar-refractivity contribution in [1.82, 2.24) is 24.6 Å². The van der Waals surface area contributed by atoms with Crippen LogP contribution in [0, 0.1) is 0 Å². The standard InChI is InChI=1S/C19H20N6O4/c1-28-15-4-5-16(29-2)18-13(15)8-24(9-14(18)26)19(27)23-12-3-6-17(21-7-12)25-11-20-10-22-25/h3-7,10-11,14,26H,8-9H2,1-2H3,(H,23,27)/t14-/m1/s1. The number of nitrogens with zero attached hydrogens (tertiary/aromatic N) is 5. The SMILES string of the molecule is COc1ccc(OC)c2c1CN(C(=O)Nc1ccc(-n3cncn3)nc1)C[C@H]2O. The van der Waals surface area contributed by atoms with E-state index in [0.29, 0.717) is 28.6 Å². The second kappa shape index (κ2) is 7.76. The first-order chi connectivity index (χ1) is 14.1. The minimum Gasteiger partial charge on any atom is -0.496 e. The Morgan fingerprint density at radius 3 is 2.66 bits per heavy atom. The number of aliphatic hydroxyl groups excluding tert-OH is 1. The minimum absolute atomic E-state index is 0.132. The van der Waals surface area contributed by atoms with Gasteiger partial charge in [-0.05, 0) is 24.3 Å². The van der Waals surface area contributed by atoms with Gasteiger partial charge in [-0.15, -0.1) is 0 Å². The van der Waals surface area contributed by atoms with Gasteiger partial charge >= 0.3 is 6.03 Å².